The summed E-state index contributed by atoms with van der Waals surface area (Å²) in [7, 11) is 0. The Morgan fingerprint density at radius 2 is 1.70 bits per heavy atom. The van der Waals surface area contributed by atoms with Crippen LogP contribution in [0.5, 0.6) is 11.5 Å². The molecule has 2 atom stereocenters. The Labute approximate surface area is 180 Å². The number of hydrogen-bond donors (Lipinski definition) is 1. The normalized spacial score (nSPS) is 19.8. The quantitative estimate of drug-likeness (QED) is 0.809. The second-order valence-corrected chi connectivity index (χ2v) is 7.83. The summed E-state index contributed by atoms with van der Waals surface area (Å²) >= 11 is 5.88. The highest BCUT2D eigenvalue weighted by atomic mass is 35.5. The van der Waals surface area contributed by atoms with E-state index in [1.54, 1.807) is 35.2 Å². The second kappa shape index (κ2) is 8.93. The Balaban J connectivity index is 1.28. The van der Waals surface area contributed by atoms with Crippen LogP contribution in [-0.4, -0.2) is 66.5 Å². The highest BCUT2D eigenvalue weighted by molar-refractivity contribution is 6.30. The number of piperazine rings is 1. The van der Waals surface area contributed by atoms with Crippen LogP contribution in [0.3, 0.4) is 0 Å². The number of para-hydroxylation sites is 2. The monoisotopic (exact) mass is 429 g/mol. The maximum atomic E-state index is 12.9. The summed E-state index contributed by atoms with van der Waals surface area (Å²) in [6, 6.07) is 14.1. The van der Waals surface area contributed by atoms with E-state index in [4.69, 9.17) is 21.1 Å². The van der Waals surface area contributed by atoms with Gasteiger partial charge in [0.25, 0.3) is 5.91 Å². The number of anilines is 1. The van der Waals surface area contributed by atoms with E-state index in [-0.39, 0.29) is 24.5 Å². The molecule has 158 valence electrons. The zero-order valence-corrected chi connectivity index (χ0v) is 17.5. The molecule has 0 spiro atoms. The molecule has 1 saturated heterocycles. The SMILES string of the molecule is C[C@H](C(=O)Nc1ccc(Cl)cc1)N1CCN(C(=O)[C@@H]2COc3ccccc3O2)CC1. The van der Waals surface area contributed by atoms with Gasteiger partial charge in [0.1, 0.15) is 6.61 Å². The van der Waals surface area contributed by atoms with Crippen LogP contribution in [0, 0.1) is 0 Å². The molecule has 2 aromatic carbocycles. The maximum absolute atomic E-state index is 12.9. The van der Waals surface area contributed by atoms with Gasteiger partial charge in [-0.3, -0.25) is 14.5 Å². The molecular formula is C22H24ClN3O4. The van der Waals surface area contributed by atoms with Crippen LogP contribution in [0.25, 0.3) is 0 Å². The summed E-state index contributed by atoms with van der Waals surface area (Å²) in [5.74, 6) is 1.08. The van der Waals surface area contributed by atoms with E-state index in [1.807, 2.05) is 25.1 Å². The van der Waals surface area contributed by atoms with Crippen molar-refractivity contribution in [1.29, 1.82) is 0 Å². The van der Waals surface area contributed by atoms with Gasteiger partial charge < -0.3 is 19.7 Å². The van der Waals surface area contributed by atoms with Crippen LogP contribution in [0.1, 0.15) is 6.92 Å². The molecule has 0 bridgehead atoms. The first kappa shape index (κ1) is 20.5. The molecule has 0 radical (unpaired) electrons. The van der Waals surface area contributed by atoms with Crippen LogP contribution in [0.2, 0.25) is 5.02 Å². The number of halogens is 1. The highest BCUT2D eigenvalue weighted by Gasteiger charge is 2.34. The summed E-state index contributed by atoms with van der Waals surface area (Å²) in [5, 5.41) is 3.53. The lowest BCUT2D eigenvalue weighted by Gasteiger charge is -2.39. The first-order chi connectivity index (χ1) is 14.5. The fourth-order valence-corrected chi connectivity index (χ4v) is 3.75. The Morgan fingerprint density at radius 3 is 2.40 bits per heavy atom. The van der Waals surface area contributed by atoms with Crippen LogP contribution in [-0.2, 0) is 9.59 Å². The fourth-order valence-electron chi connectivity index (χ4n) is 3.62. The minimum absolute atomic E-state index is 0.0811. The van der Waals surface area contributed by atoms with Gasteiger partial charge in [-0.25, -0.2) is 0 Å². The summed E-state index contributed by atoms with van der Waals surface area (Å²) in [5.41, 5.74) is 0.708. The standard InChI is InChI=1S/C22H24ClN3O4/c1-15(21(27)24-17-8-6-16(23)7-9-17)25-10-12-26(13-11-25)22(28)20-14-29-18-4-2-3-5-19(18)30-20/h2-9,15,20H,10-14H2,1H3,(H,24,27)/t15-,20+/m1/s1. The number of carbonyl (C=O) groups excluding carboxylic acids is 2. The van der Waals surface area contributed by atoms with Crippen molar-refractivity contribution >= 4 is 29.1 Å². The van der Waals surface area contributed by atoms with E-state index in [0.29, 0.717) is 48.4 Å². The number of fused-ring (bicyclic) bond motifs is 1. The Morgan fingerprint density at radius 1 is 1.03 bits per heavy atom. The maximum Gasteiger partial charge on any atom is 0.267 e. The van der Waals surface area contributed by atoms with Gasteiger partial charge in [-0.2, -0.15) is 0 Å². The van der Waals surface area contributed by atoms with E-state index in [0.717, 1.165) is 0 Å². The molecule has 2 aromatic rings. The Bertz CT molecular complexity index is 913. The topological polar surface area (TPSA) is 71.1 Å². The lowest BCUT2D eigenvalue weighted by Crippen LogP contribution is -2.57. The summed E-state index contributed by atoms with van der Waals surface area (Å²) in [6.45, 7) is 4.39. The molecule has 2 aliphatic heterocycles. The van der Waals surface area contributed by atoms with Gasteiger partial charge in [-0.05, 0) is 43.3 Å². The van der Waals surface area contributed by atoms with Crippen molar-refractivity contribution in [3.8, 4) is 11.5 Å². The average molecular weight is 430 g/mol. The van der Waals surface area contributed by atoms with E-state index in [1.165, 1.54) is 0 Å². The van der Waals surface area contributed by atoms with Crippen molar-refractivity contribution in [2.75, 3.05) is 38.1 Å². The molecule has 0 aromatic heterocycles. The van der Waals surface area contributed by atoms with Gasteiger partial charge in [0.05, 0.1) is 6.04 Å². The molecule has 0 aliphatic carbocycles. The van der Waals surface area contributed by atoms with Crippen molar-refractivity contribution in [2.45, 2.75) is 19.1 Å². The summed E-state index contributed by atoms with van der Waals surface area (Å²) in [4.78, 5) is 29.3. The first-order valence-corrected chi connectivity index (χ1v) is 10.4. The molecule has 7 nitrogen and oxygen atoms in total. The number of amides is 2. The minimum atomic E-state index is -0.642. The molecule has 0 saturated carbocycles. The van der Waals surface area contributed by atoms with Crippen molar-refractivity contribution in [3.63, 3.8) is 0 Å². The van der Waals surface area contributed by atoms with E-state index >= 15 is 0 Å². The molecule has 4 rings (SSSR count). The first-order valence-electron chi connectivity index (χ1n) is 9.99. The van der Waals surface area contributed by atoms with E-state index in [9.17, 15) is 9.59 Å². The third-order valence-electron chi connectivity index (χ3n) is 5.45. The number of nitrogens with one attached hydrogen (secondary N) is 1. The summed E-state index contributed by atoms with van der Waals surface area (Å²) in [6.07, 6.45) is -0.642. The highest BCUT2D eigenvalue weighted by Crippen LogP contribution is 2.31. The number of ether oxygens (including phenoxy) is 2. The number of rotatable bonds is 4. The van der Waals surface area contributed by atoms with Gasteiger partial charge in [0, 0.05) is 36.9 Å². The molecule has 8 heteroatoms. The molecule has 30 heavy (non-hydrogen) atoms. The van der Waals surface area contributed by atoms with Gasteiger partial charge in [0.15, 0.2) is 11.5 Å². The van der Waals surface area contributed by atoms with Crippen molar-refractivity contribution < 1.29 is 19.1 Å². The van der Waals surface area contributed by atoms with Crippen LogP contribution < -0.4 is 14.8 Å². The van der Waals surface area contributed by atoms with Crippen molar-refractivity contribution in [3.05, 3.63) is 53.6 Å². The zero-order chi connectivity index (χ0) is 21.1. The molecule has 1 fully saturated rings. The number of hydrogen-bond acceptors (Lipinski definition) is 5. The van der Waals surface area contributed by atoms with E-state index < -0.39 is 6.10 Å². The fraction of sp³-hybridized carbons (Fsp3) is 0.364. The van der Waals surface area contributed by atoms with Crippen molar-refractivity contribution in [1.82, 2.24) is 9.80 Å². The lowest BCUT2D eigenvalue weighted by molar-refractivity contribution is -0.143. The lowest BCUT2D eigenvalue weighted by atomic mass is 10.2. The van der Waals surface area contributed by atoms with Gasteiger partial charge in [-0.15, -0.1) is 0 Å². The summed E-state index contributed by atoms with van der Waals surface area (Å²) < 4.78 is 11.5. The second-order valence-electron chi connectivity index (χ2n) is 7.40. The molecular weight excluding hydrogens is 406 g/mol. The smallest absolute Gasteiger partial charge is 0.267 e. The van der Waals surface area contributed by atoms with Crippen LogP contribution in [0.15, 0.2) is 48.5 Å². The third-order valence-corrected chi connectivity index (χ3v) is 5.70. The minimum Gasteiger partial charge on any atom is -0.485 e. The Kier molecular flexibility index (Phi) is 6.11. The third kappa shape index (κ3) is 4.52. The van der Waals surface area contributed by atoms with Crippen LogP contribution in [0.4, 0.5) is 5.69 Å². The molecule has 2 aliphatic rings. The zero-order valence-electron chi connectivity index (χ0n) is 16.7. The predicted molar refractivity (Wildman–Crippen MR) is 114 cm³/mol. The molecule has 2 amide bonds. The van der Waals surface area contributed by atoms with Gasteiger partial charge >= 0.3 is 0 Å². The molecule has 2 heterocycles. The van der Waals surface area contributed by atoms with E-state index in [2.05, 4.69) is 10.2 Å². The van der Waals surface area contributed by atoms with Gasteiger partial charge in [-0.1, -0.05) is 23.7 Å². The molecule has 0 unspecified atom stereocenters. The number of benzene rings is 2. The van der Waals surface area contributed by atoms with Crippen LogP contribution >= 0.6 is 11.6 Å². The average Bonchev–Trinajstić information content (AvgIpc) is 2.79. The Hall–Kier alpha value is -2.77. The number of carbonyl (C=O) groups is 2. The predicted octanol–water partition coefficient (Wildman–Crippen LogP) is 2.65. The van der Waals surface area contributed by atoms with Gasteiger partial charge in [0.2, 0.25) is 12.0 Å². The van der Waals surface area contributed by atoms with Crippen molar-refractivity contribution in [2.24, 2.45) is 0 Å². The molecule has 1 N–H and O–H groups in total. The largest absolute Gasteiger partial charge is 0.485 e. The number of nitrogens with zero attached hydrogens (tertiary/aromatic N) is 2.